The minimum Gasteiger partial charge on any atom is -0.327 e. The van der Waals surface area contributed by atoms with Gasteiger partial charge in [0.15, 0.2) is 16.4 Å². The Hall–Kier alpha value is -1.83. The summed E-state index contributed by atoms with van der Waals surface area (Å²) in [6.45, 7) is 1.34. The normalized spacial score (nSPS) is 11.7. The van der Waals surface area contributed by atoms with Crippen LogP contribution < -0.4 is 0 Å². The highest BCUT2D eigenvalue weighted by Crippen LogP contribution is 2.31. The Morgan fingerprint density at radius 1 is 1.15 bits per heavy atom. The van der Waals surface area contributed by atoms with Gasteiger partial charge in [0.05, 0.1) is 5.69 Å². The lowest BCUT2D eigenvalue weighted by Crippen LogP contribution is -2.09. The molecule has 0 radical (unpaired) electrons. The molecule has 0 aliphatic rings. The first-order valence-corrected chi connectivity index (χ1v) is 5.74. The van der Waals surface area contributed by atoms with Crippen molar-refractivity contribution in [3.63, 3.8) is 0 Å². The van der Waals surface area contributed by atoms with E-state index in [1.807, 2.05) is 4.98 Å². The van der Waals surface area contributed by atoms with E-state index in [0.29, 0.717) is 6.07 Å². The average molecular weight is 306 g/mol. The minimum absolute atomic E-state index is 0.0448. The Morgan fingerprint density at radius 3 is 2.40 bits per heavy atom. The molecule has 0 fully saturated rings. The maximum Gasteiger partial charge on any atom is 0.431 e. The molecule has 0 aliphatic heterocycles. The summed E-state index contributed by atoms with van der Waals surface area (Å²) in [6.07, 6.45) is -4.69. The van der Waals surface area contributed by atoms with E-state index in [4.69, 9.17) is 0 Å². The van der Waals surface area contributed by atoms with Crippen LogP contribution in [0, 0.1) is 23.3 Å². The monoisotopic (exact) mass is 306 g/mol. The fourth-order valence-electron chi connectivity index (χ4n) is 1.59. The second kappa shape index (κ2) is 4.93. The first-order valence-electron chi connectivity index (χ1n) is 5.33. The Bertz CT molecular complexity index is 721. The van der Waals surface area contributed by atoms with E-state index in [1.54, 1.807) is 0 Å². The van der Waals surface area contributed by atoms with Crippen molar-refractivity contribution < 1.29 is 22.0 Å². The highest BCUT2D eigenvalue weighted by molar-refractivity contribution is 7.71. The molecule has 0 bridgehead atoms. The number of alkyl halides is 3. The van der Waals surface area contributed by atoms with Gasteiger partial charge in [0.25, 0.3) is 0 Å². The smallest absolute Gasteiger partial charge is 0.327 e. The zero-order valence-corrected chi connectivity index (χ0v) is 10.8. The zero-order chi connectivity index (χ0) is 15.1. The molecule has 1 heterocycles. The molecule has 0 saturated heterocycles. The number of aromatic nitrogens is 2. The van der Waals surface area contributed by atoms with Crippen LogP contribution in [0.4, 0.5) is 22.0 Å². The fraction of sp³-hybridized carbons (Fsp3) is 0.167. The maximum atomic E-state index is 13.8. The molecule has 0 saturated carbocycles. The van der Waals surface area contributed by atoms with Gasteiger partial charge in [-0.25, -0.2) is 13.8 Å². The predicted molar refractivity (Wildman–Crippen MR) is 64.5 cm³/mol. The van der Waals surface area contributed by atoms with Gasteiger partial charge in [0.1, 0.15) is 5.69 Å². The summed E-state index contributed by atoms with van der Waals surface area (Å²) in [7, 11) is 0. The number of rotatable bonds is 1. The Labute approximate surface area is 115 Å². The SMILES string of the molecule is Cc1ccc(-c2cc(C(F)(F)F)[nH]c(=S)n2)c(F)c1F. The van der Waals surface area contributed by atoms with Crippen molar-refractivity contribution in [1.82, 2.24) is 9.97 Å². The summed E-state index contributed by atoms with van der Waals surface area (Å²) in [5.74, 6) is -2.39. The molecule has 0 spiro atoms. The van der Waals surface area contributed by atoms with E-state index in [-0.39, 0.29) is 16.8 Å². The minimum atomic E-state index is -4.69. The topological polar surface area (TPSA) is 28.7 Å². The molecule has 8 heteroatoms. The molecule has 2 rings (SSSR count). The lowest BCUT2D eigenvalue weighted by molar-refractivity contribution is -0.141. The van der Waals surface area contributed by atoms with Gasteiger partial charge in [-0.3, -0.25) is 0 Å². The summed E-state index contributed by atoms with van der Waals surface area (Å²) in [5, 5.41) is 0. The Kier molecular flexibility index (Phi) is 3.59. The number of hydrogen-bond acceptors (Lipinski definition) is 2. The van der Waals surface area contributed by atoms with Crippen LogP contribution in [-0.2, 0) is 6.18 Å². The number of aromatic amines is 1. The second-order valence-electron chi connectivity index (χ2n) is 4.04. The highest BCUT2D eigenvalue weighted by Gasteiger charge is 2.32. The quantitative estimate of drug-likeness (QED) is 0.624. The van der Waals surface area contributed by atoms with Crippen molar-refractivity contribution in [3.05, 3.63) is 45.9 Å². The molecule has 0 unspecified atom stereocenters. The van der Waals surface area contributed by atoms with Gasteiger partial charge in [-0.1, -0.05) is 6.07 Å². The fourth-order valence-corrected chi connectivity index (χ4v) is 1.80. The van der Waals surface area contributed by atoms with Gasteiger partial charge in [-0.05, 0) is 36.8 Å². The maximum absolute atomic E-state index is 13.8. The number of halogens is 5. The van der Waals surface area contributed by atoms with Gasteiger partial charge in [0, 0.05) is 5.56 Å². The first kappa shape index (κ1) is 14.6. The molecule has 1 aromatic carbocycles. The summed E-state index contributed by atoms with van der Waals surface area (Å²) in [5.41, 5.74) is -1.88. The van der Waals surface area contributed by atoms with E-state index < -0.39 is 28.3 Å². The van der Waals surface area contributed by atoms with Gasteiger partial charge < -0.3 is 4.98 Å². The number of nitrogens with zero attached hydrogens (tertiary/aromatic N) is 1. The lowest BCUT2D eigenvalue weighted by Gasteiger charge is -2.10. The molecule has 106 valence electrons. The molecule has 0 aliphatic carbocycles. The van der Waals surface area contributed by atoms with E-state index in [1.165, 1.54) is 13.0 Å². The van der Waals surface area contributed by atoms with Gasteiger partial charge in [-0.2, -0.15) is 13.2 Å². The number of hydrogen-bond donors (Lipinski definition) is 1. The van der Waals surface area contributed by atoms with Crippen LogP contribution in [-0.4, -0.2) is 9.97 Å². The van der Waals surface area contributed by atoms with Crippen LogP contribution >= 0.6 is 12.2 Å². The Balaban J connectivity index is 2.68. The van der Waals surface area contributed by atoms with Crippen LogP contribution in [0.1, 0.15) is 11.3 Å². The molecular weight excluding hydrogens is 299 g/mol. The van der Waals surface area contributed by atoms with E-state index in [0.717, 1.165) is 6.07 Å². The average Bonchev–Trinajstić information content (AvgIpc) is 2.34. The van der Waals surface area contributed by atoms with E-state index in [2.05, 4.69) is 17.2 Å². The number of aryl methyl sites for hydroxylation is 1. The van der Waals surface area contributed by atoms with Crippen molar-refractivity contribution in [1.29, 1.82) is 0 Å². The van der Waals surface area contributed by atoms with Crippen LogP contribution in [0.5, 0.6) is 0 Å². The van der Waals surface area contributed by atoms with Crippen LogP contribution in [0.2, 0.25) is 0 Å². The highest BCUT2D eigenvalue weighted by atomic mass is 32.1. The van der Waals surface area contributed by atoms with Crippen molar-refractivity contribution in [2.24, 2.45) is 0 Å². The molecule has 0 amide bonds. The number of H-pyrrole nitrogens is 1. The third kappa shape index (κ3) is 2.69. The van der Waals surface area contributed by atoms with Crippen LogP contribution in [0.15, 0.2) is 18.2 Å². The molecular formula is C12H7F5N2S. The second-order valence-corrected chi connectivity index (χ2v) is 4.43. The van der Waals surface area contributed by atoms with Gasteiger partial charge in [0.2, 0.25) is 0 Å². The van der Waals surface area contributed by atoms with Crippen LogP contribution in [0.25, 0.3) is 11.3 Å². The third-order valence-electron chi connectivity index (χ3n) is 2.60. The number of nitrogens with one attached hydrogen (secondary N) is 1. The molecule has 1 aromatic heterocycles. The number of benzene rings is 1. The molecule has 0 atom stereocenters. The first-order chi connectivity index (χ1) is 9.20. The predicted octanol–water partition coefficient (Wildman–Crippen LogP) is 4.41. The van der Waals surface area contributed by atoms with E-state index in [9.17, 15) is 22.0 Å². The van der Waals surface area contributed by atoms with Crippen LogP contribution in [0.3, 0.4) is 0 Å². The summed E-state index contributed by atoms with van der Waals surface area (Å²) >= 11 is 4.57. The lowest BCUT2D eigenvalue weighted by atomic mass is 10.1. The molecule has 2 aromatic rings. The van der Waals surface area contributed by atoms with Crippen molar-refractivity contribution >= 4 is 12.2 Å². The Morgan fingerprint density at radius 2 is 1.80 bits per heavy atom. The summed E-state index contributed by atoms with van der Waals surface area (Å²) in [6, 6.07) is 3.00. The van der Waals surface area contributed by atoms with Crippen molar-refractivity contribution in [2.75, 3.05) is 0 Å². The molecule has 20 heavy (non-hydrogen) atoms. The summed E-state index contributed by atoms with van der Waals surface area (Å²) < 4.78 is 64.7. The van der Waals surface area contributed by atoms with Gasteiger partial charge in [-0.15, -0.1) is 0 Å². The van der Waals surface area contributed by atoms with Crippen molar-refractivity contribution in [2.45, 2.75) is 13.1 Å². The van der Waals surface area contributed by atoms with Crippen molar-refractivity contribution in [3.8, 4) is 11.3 Å². The summed E-state index contributed by atoms with van der Waals surface area (Å²) in [4.78, 5) is 5.47. The molecule has 2 nitrogen and oxygen atoms in total. The van der Waals surface area contributed by atoms with Gasteiger partial charge >= 0.3 is 6.18 Å². The zero-order valence-electron chi connectivity index (χ0n) is 9.98. The largest absolute Gasteiger partial charge is 0.431 e. The third-order valence-corrected chi connectivity index (χ3v) is 2.79. The molecule has 1 N–H and O–H groups in total. The van der Waals surface area contributed by atoms with E-state index >= 15 is 0 Å². The standard InChI is InChI=1S/C12H7F5N2S/c1-5-2-3-6(10(14)9(5)13)7-4-8(12(15,16)17)19-11(20)18-7/h2-4H,1H3,(H,18,19,20).